The number of nitrogens with one attached hydrogen (secondary N) is 2. The average Bonchev–Trinajstić information content (AvgIpc) is 3.01. The molecule has 2 rings (SSSR count). The number of methoxy groups -OCH3 is 1. The van der Waals surface area contributed by atoms with Gasteiger partial charge in [-0.15, -0.1) is 11.3 Å². The van der Waals surface area contributed by atoms with E-state index < -0.39 is 5.97 Å². The lowest BCUT2D eigenvalue weighted by molar-refractivity contribution is -0.139. The monoisotopic (exact) mass is 360 g/mol. The highest BCUT2D eigenvalue weighted by atomic mass is 32.1. The summed E-state index contributed by atoms with van der Waals surface area (Å²) in [6.07, 6.45) is 0.894. The van der Waals surface area contributed by atoms with Crippen LogP contribution in [0.15, 0.2) is 30.3 Å². The molecule has 2 aromatic rings. The summed E-state index contributed by atoms with van der Waals surface area (Å²) in [4.78, 5) is 37.0. The van der Waals surface area contributed by atoms with Crippen LogP contribution in [0.1, 0.15) is 37.4 Å². The van der Waals surface area contributed by atoms with Gasteiger partial charge in [-0.2, -0.15) is 0 Å². The number of hydrogen-bond acceptors (Lipinski definition) is 5. The maximum absolute atomic E-state index is 12.3. The van der Waals surface area contributed by atoms with Crippen molar-refractivity contribution in [1.82, 2.24) is 5.32 Å². The Bertz CT molecular complexity index is 781. The van der Waals surface area contributed by atoms with Crippen LogP contribution in [0.2, 0.25) is 0 Å². The molecule has 0 spiro atoms. The minimum Gasteiger partial charge on any atom is -0.468 e. The topological polar surface area (TPSA) is 84.5 Å². The minimum atomic E-state index is -0.519. The summed E-state index contributed by atoms with van der Waals surface area (Å²) in [5.41, 5.74) is 2.16. The molecule has 0 unspecified atom stereocenters. The molecule has 25 heavy (non-hydrogen) atoms. The third-order valence-corrected chi connectivity index (χ3v) is 4.74. The van der Waals surface area contributed by atoms with Gasteiger partial charge in [-0.25, -0.2) is 0 Å². The molecule has 7 heteroatoms. The van der Waals surface area contributed by atoms with E-state index in [4.69, 9.17) is 0 Å². The van der Waals surface area contributed by atoms with Crippen LogP contribution in [-0.2, 0) is 16.0 Å². The number of carbonyl (C=O) groups is 3. The van der Waals surface area contributed by atoms with Crippen LogP contribution in [-0.4, -0.2) is 31.4 Å². The number of carbonyl (C=O) groups excluding carboxylic acids is 3. The standard InChI is InChI=1S/C18H20N2O4S/c1-4-12-9-15(25-11(12)2)18(23)20-14-7-5-13(6-8-14)17(22)19-10-16(21)24-3/h5-9H,4,10H2,1-3H3,(H,19,22)(H,20,23). The number of esters is 1. The smallest absolute Gasteiger partial charge is 0.325 e. The molecule has 0 saturated carbocycles. The number of benzene rings is 1. The fraction of sp³-hybridized carbons (Fsp3) is 0.278. The number of amides is 2. The molecule has 0 aliphatic carbocycles. The van der Waals surface area contributed by atoms with Crippen molar-refractivity contribution in [3.8, 4) is 0 Å². The predicted octanol–water partition coefficient (Wildman–Crippen LogP) is 2.77. The highest BCUT2D eigenvalue weighted by molar-refractivity contribution is 7.14. The van der Waals surface area contributed by atoms with Gasteiger partial charge in [0.2, 0.25) is 0 Å². The fourth-order valence-electron chi connectivity index (χ4n) is 2.21. The molecule has 1 aromatic heterocycles. The summed E-state index contributed by atoms with van der Waals surface area (Å²) < 4.78 is 4.46. The van der Waals surface area contributed by atoms with Gasteiger partial charge in [-0.05, 0) is 49.2 Å². The van der Waals surface area contributed by atoms with E-state index in [-0.39, 0.29) is 18.4 Å². The molecule has 1 heterocycles. The van der Waals surface area contributed by atoms with E-state index in [0.717, 1.165) is 11.3 Å². The summed E-state index contributed by atoms with van der Waals surface area (Å²) in [7, 11) is 1.25. The molecule has 0 bridgehead atoms. The van der Waals surface area contributed by atoms with Gasteiger partial charge >= 0.3 is 5.97 Å². The van der Waals surface area contributed by atoms with Gasteiger partial charge in [0.05, 0.1) is 12.0 Å². The second-order valence-electron chi connectivity index (χ2n) is 5.34. The molecule has 0 saturated heterocycles. The molecule has 0 aliphatic heterocycles. The van der Waals surface area contributed by atoms with E-state index in [2.05, 4.69) is 22.3 Å². The zero-order chi connectivity index (χ0) is 18.4. The van der Waals surface area contributed by atoms with E-state index in [1.807, 2.05) is 13.0 Å². The first-order valence-corrected chi connectivity index (χ1v) is 8.62. The van der Waals surface area contributed by atoms with E-state index in [1.165, 1.54) is 24.0 Å². The van der Waals surface area contributed by atoms with Crippen molar-refractivity contribution in [1.29, 1.82) is 0 Å². The number of anilines is 1. The van der Waals surface area contributed by atoms with E-state index in [0.29, 0.717) is 16.1 Å². The van der Waals surface area contributed by atoms with Crippen molar-refractivity contribution in [2.24, 2.45) is 0 Å². The maximum Gasteiger partial charge on any atom is 0.325 e. The number of ether oxygens (including phenoxy) is 1. The van der Waals surface area contributed by atoms with Crippen molar-refractivity contribution < 1.29 is 19.1 Å². The number of rotatable bonds is 6. The molecule has 0 fully saturated rings. The van der Waals surface area contributed by atoms with E-state index in [1.54, 1.807) is 24.3 Å². The lowest BCUT2D eigenvalue weighted by Crippen LogP contribution is -2.30. The molecule has 132 valence electrons. The Morgan fingerprint density at radius 3 is 2.36 bits per heavy atom. The first kappa shape index (κ1) is 18.7. The second kappa shape index (κ2) is 8.43. The molecule has 1 aromatic carbocycles. The average molecular weight is 360 g/mol. The Morgan fingerprint density at radius 1 is 1.12 bits per heavy atom. The van der Waals surface area contributed by atoms with Crippen LogP contribution in [0, 0.1) is 6.92 Å². The molecule has 0 aliphatic rings. The van der Waals surface area contributed by atoms with Crippen LogP contribution in [0.25, 0.3) is 0 Å². The Morgan fingerprint density at radius 2 is 1.80 bits per heavy atom. The van der Waals surface area contributed by atoms with Crippen LogP contribution in [0.4, 0.5) is 5.69 Å². The van der Waals surface area contributed by atoms with Gasteiger partial charge in [0, 0.05) is 16.1 Å². The SMILES string of the molecule is CCc1cc(C(=O)Nc2ccc(C(=O)NCC(=O)OC)cc2)sc1C. The summed E-state index contributed by atoms with van der Waals surface area (Å²) in [6, 6.07) is 8.36. The third kappa shape index (κ3) is 4.90. The zero-order valence-corrected chi connectivity index (χ0v) is 15.2. The normalized spacial score (nSPS) is 10.2. The van der Waals surface area contributed by atoms with Crippen molar-refractivity contribution in [2.45, 2.75) is 20.3 Å². The van der Waals surface area contributed by atoms with Crippen molar-refractivity contribution in [3.05, 3.63) is 51.2 Å². The Labute approximate surface area is 150 Å². The lowest BCUT2D eigenvalue weighted by atomic mass is 10.2. The van der Waals surface area contributed by atoms with Crippen LogP contribution in [0.3, 0.4) is 0 Å². The van der Waals surface area contributed by atoms with E-state index >= 15 is 0 Å². The minimum absolute atomic E-state index is 0.171. The number of hydrogen-bond donors (Lipinski definition) is 2. The van der Waals surface area contributed by atoms with Gasteiger partial charge in [0.15, 0.2) is 0 Å². The molecule has 2 N–H and O–H groups in total. The summed E-state index contributed by atoms with van der Waals surface area (Å²) in [5, 5.41) is 5.27. The zero-order valence-electron chi connectivity index (χ0n) is 14.3. The first-order valence-electron chi connectivity index (χ1n) is 7.80. The maximum atomic E-state index is 12.3. The third-order valence-electron chi connectivity index (χ3n) is 3.65. The molecular formula is C18H20N2O4S. The molecule has 0 atom stereocenters. The Kier molecular flexibility index (Phi) is 6.30. The molecule has 0 radical (unpaired) electrons. The van der Waals surface area contributed by atoms with Gasteiger partial charge in [0.1, 0.15) is 6.54 Å². The Hall–Kier alpha value is -2.67. The van der Waals surface area contributed by atoms with Crippen LogP contribution < -0.4 is 10.6 Å². The number of aryl methyl sites for hydroxylation is 2. The van der Waals surface area contributed by atoms with Gasteiger partial charge in [-0.1, -0.05) is 6.92 Å². The second-order valence-corrected chi connectivity index (χ2v) is 6.59. The summed E-state index contributed by atoms with van der Waals surface area (Å²) in [6.45, 7) is 3.87. The first-order chi connectivity index (χ1) is 11.9. The quantitative estimate of drug-likeness (QED) is 0.776. The highest BCUT2D eigenvalue weighted by Gasteiger charge is 2.13. The van der Waals surface area contributed by atoms with Gasteiger partial charge in [-0.3, -0.25) is 14.4 Å². The van der Waals surface area contributed by atoms with Crippen LogP contribution >= 0.6 is 11.3 Å². The van der Waals surface area contributed by atoms with Crippen molar-refractivity contribution >= 4 is 34.8 Å². The van der Waals surface area contributed by atoms with Crippen molar-refractivity contribution in [2.75, 3.05) is 19.0 Å². The fourth-order valence-corrected chi connectivity index (χ4v) is 3.22. The number of thiophene rings is 1. The van der Waals surface area contributed by atoms with Gasteiger partial charge in [0.25, 0.3) is 11.8 Å². The lowest BCUT2D eigenvalue weighted by Gasteiger charge is -2.06. The predicted molar refractivity (Wildman–Crippen MR) is 97.2 cm³/mol. The summed E-state index contributed by atoms with van der Waals surface area (Å²) >= 11 is 1.47. The summed E-state index contributed by atoms with van der Waals surface area (Å²) in [5.74, 6) is -1.07. The molecule has 2 amide bonds. The molecule has 6 nitrogen and oxygen atoms in total. The molecular weight excluding hydrogens is 340 g/mol. The van der Waals surface area contributed by atoms with Crippen molar-refractivity contribution in [3.63, 3.8) is 0 Å². The van der Waals surface area contributed by atoms with Gasteiger partial charge < -0.3 is 15.4 Å². The Balaban J connectivity index is 1.98. The van der Waals surface area contributed by atoms with E-state index in [9.17, 15) is 14.4 Å². The largest absolute Gasteiger partial charge is 0.468 e. The van der Waals surface area contributed by atoms with Crippen LogP contribution in [0.5, 0.6) is 0 Å². The highest BCUT2D eigenvalue weighted by Crippen LogP contribution is 2.23.